The van der Waals surface area contributed by atoms with E-state index >= 15 is 0 Å². The van der Waals surface area contributed by atoms with Crippen molar-refractivity contribution in [3.8, 4) is 5.75 Å². The van der Waals surface area contributed by atoms with Crippen LogP contribution in [-0.2, 0) is 0 Å². The molecule has 0 amide bonds. The number of para-hydroxylation sites is 2. The minimum absolute atomic E-state index is 0.111. The van der Waals surface area contributed by atoms with Crippen LogP contribution in [0.5, 0.6) is 5.75 Å². The van der Waals surface area contributed by atoms with E-state index in [1.54, 1.807) is 11.3 Å². The molecule has 4 heterocycles. The summed E-state index contributed by atoms with van der Waals surface area (Å²) in [5, 5.41) is 4.39. The third kappa shape index (κ3) is 4.27. The van der Waals surface area contributed by atoms with Gasteiger partial charge in [-0.2, -0.15) is 0 Å². The number of fused-ring (bicyclic) bond motifs is 7. The largest absolute Gasteiger partial charge is 0.485 e. The van der Waals surface area contributed by atoms with E-state index in [0.29, 0.717) is 11.4 Å². The second kappa shape index (κ2) is 10.3. The topological polar surface area (TPSA) is 48.2 Å². The Morgan fingerprint density at radius 1 is 0.822 bits per heavy atom. The van der Waals surface area contributed by atoms with Crippen molar-refractivity contribution in [1.29, 1.82) is 0 Å². The van der Waals surface area contributed by atoms with Gasteiger partial charge in [0, 0.05) is 43.7 Å². The predicted octanol–water partition coefficient (Wildman–Crippen LogP) is 10.2. The van der Waals surface area contributed by atoms with E-state index < -0.39 is 0 Å². The second-order valence-corrected chi connectivity index (χ2v) is 12.3. The number of rotatable bonds is 5. The van der Waals surface area contributed by atoms with Crippen molar-refractivity contribution in [2.24, 2.45) is 0 Å². The Kier molecular flexibility index (Phi) is 5.93. The summed E-state index contributed by atoms with van der Waals surface area (Å²) in [7, 11) is 0. The molecule has 0 radical (unpaired) electrons. The third-order valence-electron chi connectivity index (χ3n) is 8.68. The molecule has 0 N–H and O–H groups in total. The van der Waals surface area contributed by atoms with Crippen LogP contribution in [-0.4, -0.2) is 16.1 Å². The molecule has 1 aliphatic heterocycles. The van der Waals surface area contributed by atoms with E-state index in [4.69, 9.17) is 19.1 Å². The lowest BCUT2D eigenvalue weighted by molar-refractivity contribution is 0.269. The van der Waals surface area contributed by atoms with Crippen molar-refractivity contribution >= 4 is 60.2 Å². The third-order valence-corrected chi connectivity index (χ3v) is 9.64. The highest BCUT2D eigenvalue weighted by Crippen LogP contribution is 2.44. The van der Waals surface area contributed by atoms with Crippen LogP contribution < -0.4 is 4.74 Å². The van der Waals surface area contributed by atoms with Crippen LogP contribution >= 0.6 is 11.3 Å². The average Bonchev–Trinajstić information content (AvgIpc) is 3.80. The van der Waals surface area contributed by atoms with Crippen LogP contribution in [0.1, 0.15) is 34.1 Å². The summed E-state index contributed by atoms with van der Waals surface area (Å²) < 4.78 is 14.0. The van der Waals surface area contributed by atoms with Gasteiger partial charge in [-0.25, -0.2) is 9.97 Å². The van der Waals surface area contributed by atoms with Gasteiger partial charge in [-0.1, -0.05) is 97.6 Å². The molecular weight excluding hydrogens is 573 g/mol. The SMILES string of the molecule is C=C(/C=C(/c1ccccc1)c1csc2ccccc12)c1nc(C2=CC3Oc4ccccc4C3C=C2)c2oc3ccccc3c2n1. The molecule has 0 saturated heterocycles. The summed E-state index contributed by atoms with van der Waals surface area (Å²) in [6.45, 7) is 4.53. The smallest absolute Gasteiger partial charge is 0.180 e. The molecular formula is C40H26N2O2S. The van der Waals surface area contributed by atoms with E-state index in [-0.39, 0.29) is 12.0 Å². The molecule has 9 rings (SSSR count). The lowest BCUT2D eigenvalue weighted by Crippen LogP contribution is -2.17. The summed E-state index contributed by atoms with van der Waals surface area (Å²) >= 11 is 1.75. The number of furan rings is 1. The Labute approximate surface area is 264 Å². The van der Waals surface area contributed by atoms with Crippen molar-refractivity contribution in [3.05, 3.63) is 168 Å². The molecule has 7 aromatic rings. The molecule has 45 heavy (non-hydrogen) atoms. The lowest BCUT2D eigenvalue weighted by atomic mass is 9.88. The molecule has 2 unspecified atom stereocenters. The molecule has 2 atom stereocenters. The lowest BCUT2D eigenvalue weighted by Gasteiger charge is -2.18. The van der Waals surface area contributed by atoms with Crippen LogP contribution in [0.15, 0.2) is 144 Å². The first-order chi connectivity index (χ1) is 22.2. The van der Waals surface area contributed by atoms with Crippen LogP contribution in [0.2, 0.25) is 0 Å². The minimum atomic E-state index is -0.111. The molecule has 0 saturated carbocycles. The van der Waals surface area contributed by atoms with Gasteiger partial charge in [0.25, 0.3) is 0 Å². The fourth-order valence-electron chi connectivity index (χ4n) is 6.50. The number of allylic oxidation sites excluding steroid dienone is 4. The predicted molar refractivity (Wildman–Crippen MR) is 184 cm³/mol. The zero-order valence-corrected chi connectivity index (χ0v) is 25.0. The van der Waals surface area contributed by atoms with Gasteiger partial charge < -0.3 is 9.15 Å². The highest BCUT2D eigenvalue weighted by molar-refractivity contribution is 7.17. The number of hydrogen-bond donors (Lipinski definition) is 0. The highest BCUT2D eigenvalue weighted by Gasteiger charge is 2.34. The van der Waals surface area contributed by atoms with E-state index in [9.17, 15) is 0 Å². The summed E-state index contributed by atoms with van der Waals surface area (Å²) in [5.41, 5.74) is 9.18. The van der Waals surface area contributed by atoms with Crippen LogP contribution in [0.3, 0.4) is 0 Å². The average molecular weight is 599 g/mol. The number of benzene rings is 4. The van der Waals surface area contributed by atoms with Gasteiger partial charge in [0.2, 0.25) is 0 Å². The minimum Gasteiger partial charge on any atom is -0.485 e. The Morgan fingerprint density at radius 2 is 1.60 bits per heavy atom. The van der Waals surface area contributed by atoms with Crippen molar-refractivity contribution in [1.82, 2.24) is 9.97 Å². The van der Waals surface area contributed by atoms with E-state index in [1.807, 2.05) is 42.5 Å². The van der Waals surface area contributed by atoms with Gasteiger partial charge in [-0.05, 0) is 52.9 Å². The fraction of sp³-hybridized carbons (Fsp3) is 0.0500. The monoisotopic (exact) mass is 598 g/mol. The number of aromatic nitrogens is 2. The van der Waals surface area contributed by atoms with E-state index in [2.05, 4.69) is 96.9 Å². The standard InChI is InChI=1S/C40H26N2O2S/c1-24(21-31(25-11-3-2-4-12-25)32-23-45-36-18-10-7-14-29(32)36)40-41-37(39-38(42-40)30-15-6-9-17-34(30)44-39)26-19-20-28-27-13-5-8-16-33(27)43-35(28)22-26/h2-23,28,35H,1H2/b31-21-. The van der Waals surface area contributed by atoms with Crippen molar-refractivity contribution in [3.63, 3.8) is 0 Å². The Balaban J connectivity index is 1.21. The number of hydrogen-bond acceptors (Lipinski definition) is 5. The molecule has 0 spiro atoms. The van der Waals surface area contributed by atoms with Crippen LogP contribution in [0, 0.1) is 0 Å². The molecule has 1 aliphatic carbocycles. The highest BCUT2D eigenvalue weighted by atomic mass is 32.1. The van der Waals surface area contributed by atoms with Crippen LogP contribution in [0.25, 0.3) is 48.9 Å². The van der Waals surface area contributed by atoms with E-state index in [1.165, 1.54) is 21.2 Å². The number of nitrogens with zero attached hydrogens (tertiary/aromatic N) is 2. The van der Waals surface area contributed by atoms with Crippen molar-refractivity contribution < 1.29 is 9.15 Å². The zero-order valence-electron chi connectivity index (χ0n) is 24.2. The molecule has 0 bridgehead atoms. The maximum absolute atomic E-state index is 6.42. The number of thiophene rings is 1. The van der Waals surface area contributed by atoms with Gasteiger partial charge in [0.05, 0.1) is 0 Å². The normalized spacial score (nSPS) is 17.3. The summed E-state index contributed by atoms with van der Waals surface area (Å²) in [4.78, 5) is 10.2. The Hall–Kier alpha value is -5.52. The molecule has 3 aromatic heterocycles. The maximum Gasteiger partial charge on any atom is 0.180 e. The zero-order chi connectivity index (χ0) is 29.9. The van der Waals surface area contributed by atoms with Crippen LogP contribution in [0.4, 0.5) is 0 Å². The van der Waals surface area contributed by atoms with Gasteiger partial charge in [-0.15, -0.1) is 11.3 Å². The quantitative estimate of drug-likeness (QED) is 0.185. The molecule has 214 valence electrons. The van der Waals surface area contributed by atoms with Gasteiger partial charge in [0.15, 0.2) is 11.4 Å². The first-order valence-corrected chi connectivity index (χ1v) is 15.9. The summed E-state index contributed by atoms with van der Waals surface area (Å²) in [6.07, 6.45) is 8.52. The summed E-state index contributed by atoms with van der Waals surface area (Å²) in [6, 6.07) is 35.2. The van der Waals surface area contributed by atoms with Crippen molar-refractivity contribution in [2.45, 2.75) is 12.0 Å². The van der Waals surface area contributed by atoms with Gasteiger partial charge in [-0.3, -0.25) is 0 Å². The summed E-state index contributed by atoms with van der Waals surface area (Å²) in [5.74, 6) is 1.66. The van der Waals surface area contributed by atoms with Gasteiger partial charge >= 0.3 is 0 Å². The van der Waals surface area contributed by atoms with Crippen molar-refractivity contribution in [2.75, 3.05) is 0 Å². The molecule has 0 fully saturated rings. The first-order valence-electron chi connectivity index (χ1n) is 15.0. The molecule has 4 nitrogen and oxygen atoms in total. The Bertz CT molecular complexity index is 2390. The Morgan fingerprint density at radius 3 is 2.51 bits per heavy atom. The molecule has 2 aliphatic rings. The first kappa shape index (κ1) is 25.9. The number of ether oxygens (including phenoxy) is 1. The molecule has 4 aromatic carbocycles. The maximum atomic E-state index is 6.42. The second-order valence-electron chi connectivity index (χ2n) is 11.4. The van der Waals surface area contributed by atoms with Gasteiger partial charge in [0.1, 0.15) is 28.6 Å². The fourth-order valence-corrected chi connectivity index (χ4v) is 7.46. The molecule has 5 heteroatoms. The van der Waals surface area contributed by atoms with E-state index in [0.717, 1.165) is 50.2 Å².